The third-order valence-corrected chi connectivity index (χ3v) is 6.21. The molecule has 1 aromatic heterocycles. The molecule has 0 amide bonds. The van der Waals surface area contributed by atoms with E-state index in [0.717, 1.165) is 29.3 Å². The summed E-state index contributed by atoms with van der Waals surface area (Å²) in [4.78, 5) is 13.2. The summed E-state index contributed by atoms with van der Waals surface area (Å²) in [5.74, 6) is 1.99. The number of nitrogen functional groups attached to an aromatic ring is 1. The standard InChI is InChI=1S/C17H24N2OS/c1-2-3-11-8-12(11)19-17-13(9-4-5-9)14(18)16(21-17)15(20)10-6-7-10/h9-12,19H,2-8,18H2,1H3. The van der Waals surface area contributed by atoms with Gasteiger partial charge in [0.2, 0.25) is 0 Å². The van der Waals surface area contributed by atoms with Crippen LogP contribution in [0, 0.1) is 11.8 Å². The van der Waals surface area contributed by atoms with Crippen molar-refractivity contribution in [3.05, 3.63) is 10.4 Å². The van der Waals surface area contributed by atoms with Crippen molar-refractivity contribution < 1.29 is 4.79 Å². The maximum absolute atomic E-state index is 12.4. The van der Waals surface area contributed by atoms with Crippen LogP contribution in [0.25, 0.3) is 0 Å². The van der Waals surface area contributed by atoms with Crippen LogP contribution in [0.3, 0.4) is 0 Å². The van der Waals surface area contributed by atoms with Gasteiger partial charge in [-0.15, -0.1) is 11.3 Å². The largest absolute Gasteiger partial charge is 0.397 e. The molecular formula is C17H24N2OS. The van der Waals surface area contributed by atoms with Gasteiger partial charge in [-0.05, 0) is 50.4 Å². The third-order valence-electron chi connectivity index (χ3n) is 5.04. The molecule has 4 rings (SSSR count). The van der Waals surface area contributed by atoms with Crippen LogP contribution in [0.2, 0.25) is 0 Å². The maximum Gasteiger partial charge on any atom is 0.178 e. The molecule has 2 unspecified atom stereocenters. The van der Waals surface area contributed by atoms with Crippen LogP contribution in [0.4, 0.5) is 10.7 Å². The molecule has 2 atom stereocenters. The first-order valence-corrected chi connectivity index (χ1v) is 9.23. The van der Waals surface area contributed by atoms with Gasteiger partial charge in [0.25, 0.3) is 0 Å². The number of hydrogen-bond acceptors (Lipinski definition) is 4. The van der Waals surface area contributed by atoms with Crippen molar-refractivity contribution in [2.24, 2.45) is 11.8 Å². The van der Waals surface area contributed by atoms with Crippen molar-refractivity contribution in [1.29, 1.82) is 0 Å². The highest BCUT2D eigenvalue weighted by Gasteiger charge is 2.40. The topological polar surface area (TPSA) is 55.1 Å². The molecule has 0 aromatic carbocycles. The van der Waals surface area contributed by atoms with Gasteiger partial charge in [-0.3, -0.25) is 4.79 Å². The average Bonchev–Trinajstić information content (AvgIpc) is 3.32. The zero-order valence-electron chi connectivity index (χ0n) is 12.7. The Labute approximate surface area is 130 Å². The number of thiophene rings is 1. The first kappa shape index (κ1) is 13.6. The number of Topliss-reactive ketones (excluding diaryl/α,β-unsaturated/α-hetero) is 1. The number of carbonyl (C=O) groups is 1. The van der Waals surface area contributed by atoms with E-state index < -0.39 is 0 Å². The van der Waals surface area contributed by atoms with E-state index in [9.17, 15) is 4.79 Å². The predicted octanol–water partition coefficient (Wildman–Crippen LogP) is 4.40. The Hall–Kier alpha value is -1.03. The summed E-state index contributed by atoms with van der Waals surface area (Å²) in [6.07, 6.45) is 8.42. The Morgan fingerprint density at radius 2 is 2.10 bits per heavy atom. The summed E-state index contributed by atoms with van der Waals surface area (Å²) < 4.78 is 0. The Morgan fingerprint density at radius 1 is 1.33 bits per heavy atom. The second-order valence-corrected chi connectivity index (χ2v) is 8.06. The van der Waals surface area contributed by atoms with Crippen LogP contribution in [-0.4, -0.2) is 11.8 Å². The number of anilines is 2. The molecule has 0 aliphatic heterocycles. The Kier molecular flexibility index (Phi) is 3.25. The van der Waals surface area contributed by atoms with E-state index in [1.165, 1.54) is 42.7 Å². The number of hydrogen-bond donors (Lipinski definition) is 2. The van der Waals surface area contributed by atoms with Gasteiger partial charge in [0, 0.05) is 17.5 Å². The van der Waals surface area contributed by atoms with Crippen molar-refractivity contribution in [1.82, 2.24) is 0 Å². The average molecular weight is 304 g/mol. The van der Waals surface area contributed by atoms with E-state index >= 15 is 0 Å². The molecular weight excluding hydrogens is 280 g/mol. The van der Waals surface area contributed by atoms with Gasteiger partial charge in [0.1, 0.15) is 0 Å². The predicted molar refractivity (Wildman–Crippen MR) is 88.2 cm³/mol. The smallest absolute Gasteiger partial charge is 0.178 e. The van der Waals surface area contributed by atoms with Crippen molar-refractivity contribution in [2.75, 3.05) is 11.1 Å². The number of nitrogens with one attached hydrogen (secondary N) is 1. The molecule has 3 N–H and O–H groups in total. The van der Waals surface area contributed by atoms with E-state index in [0.29, 0.717) is 17.7 Å². The van der Waals surface area contributed by atoms with Crippen molar-refractivity contribution in [3.8, 4) is 0 Å². The first-order valence-electron chi connectivity index (χ1n) is 8.42. The highest BCUT2D eigenvalue weighted by molar-refractivity contribution is 7.19. The molecule has 4 heteroatoms. The normalized spacial score (nSPS) is 27.7. The lowest BCUT2D eigenvalue weighted by Gasteiger charge is -2.06. The lowest BCUT2D eigenvalue weighted by molar-refractivity contribution is 0.0972. The quantitative estimate of drug-likeness (QED) is 0.734. The van der Waals surface area contributed by atoms with E-state index in [1.807, 2.05) is 0 Å². The van der Waals surface area contributed by atoms with Gasteiger partial charge in [-0.1, -0.05) is 13.3 Å². The van der Waals surface area contributed by atoms with E-state index in [1.54, 1.807) is 11.3 Å². The number of carbonyl (C=O) groups excluding carboxylic acids is 1. The maximum atomic E-state index is 12.4. The Balaban J connectivity index is 1.57. The first-order chi connectivity index (χ1) is 10.2. The van der Waals surface area contributed by atoms with Crippen molar-refractivity contribution >= 4 is 27.8 Å². The molecule has 1 heterocycles. The van der Waals surface area contributed by atoms with Crippen molar-refractivity contribution in [3.63, 3.8) is 0 Å². The zero-order valence-corrected chi connectivity index (χ0v) is 13.5. The van der Waals surface area contributed by atoms with E-state index in [4.69, 9.17) is 5.73 Å². The highest BCUT2D eigenvalue weighted by Crippen LogP contribution is 2.53. The van der Waals surface area contributed by atoms with E-state index in [-0.39, 0.29) is 5.92 Å². The third kappa shape index (κ3) is 2.59. The fourth-order valence-electron chi connectivity index (χ4n) is 3.34. The van der Waals surface area contributed by atoms with Crippen LogP contribution in [0.1, 0.15) is 73.0 Å². The van der Waals surface area contributed by atoms with E-state index in [2.05, 4.69) is 12.2 Å². The molecule has 3 saturated carbocycles. The summed E-state index contributed by atoms with van der Waals surface area (Å²) in [6.45, 7) is 2.25. The summed E-state index contributed by atoms with van der Waals surface area (Å²) in [6, 6.07) is 0.615. The minimum absolute atomic E-state index is 0.264. The van der Waals surface area contributed by atoms with Gasteiger partial charge in [-0.25, -0.2) is 0 Å². The molecule has 21 heavy (non-hydrogen) atoms. The highest BCUT2D eigenvalue weighted by atomic mass is 32.1. The SMILES string of the molecule is CCCC1CC1Nc1sc(C(=O)C2CC2)c(N)c1C1CC1. The van der Waals surface area contributed by atoms with Gasteiger partial charge >= 0.3 is 0 Å². The molecule has 114 valence electrons. The van der Waals surface area contributed by atoms with Crippen LogP contribution in [-0.2, 0) is 0 Å². The van der Waals surface area contributed by atoms with Gasteiger partial charge < -0.3 is 11.1 Å². The molecule has 1 aromatic rings. The molecule has 3 nitrogen and oxygen atoms in total. The number of ketones is 1. The summed E-state index contributed by atoms with van der Waals surface area (Å²) in [7, 11) is 0. The zero-order chi connectivity index (χ0) is 14.6. The number of rotatable bonds is 7. The van der Waals surface area contributed by atoms with Crippen molar-refractivity contribution in [2.45, 2.75) is 63.8 Å². The summed E-state index contributed by atoms with van der Waals surface area (Å²) in [5.41, 5.74) is 8.42. The lowest BCUT2D eigenvalue weighted by Crippen LogP contribution is -2.05. The molecule has 3 fully saturated rings. The summed E-state index contributed by atoms with van der Waals surface area (Å²) >= 11 is 1.63. The van der Waals surface area contributed by atoms with Gasteiger partial charge in [0.15, 0.2) is 5.78 Å². The summed E-state index contributed by atoms with van der Waals surface area (Å²) in [5, 5.41) is 4.91. The monoisotopic (exact) mass is 304 g/mol. The molecule has 0 spiro atoms. The minimum atomic E-state index is 0.264. The molecule has 0 saturated heterocycles. The fraction of sp³-hybridized carbons (Fsp3) is 0.706. The van der Waals surface area contributed by atoms with Crippen LogP contribution in [0.5, 0.6) is 0 Å². The lowest BCUT2D eigenvalue weighted by atomic mass is 10.1. The molecule has 0 radical (unpaired) electrons. The fourth-order valence-corrected chi connectivity index (χ4v) is 4.63. The molecule has 3 aliphatic carbocycles. The number of nitrogens with two attached hydrogens (primary N) is 1. The Morgan fingerprint density at radius 3 is 2.71 bits per heavy atom. The van der Waals surface area contributed by atoms with Crippen LogP contribution in [0.15, 0.2) is 0 Å². The minimum Gasteiger partial charge on any atom is -0.397 e. The van der Waals surface area contributed by atoms with Crippen LogP contribution < -0.4 is 11.1 Å². The van der Waals surface area contributed by atoms with Crippen LogP contribution >= 0.6 is 11.3 Å². The second-order valence-electron chi connectivity index (χ2n) is 7.04. The van der Waals surface area contributed by atoms with Gasteiger partial charge in [-0.2, -0.15) is 0 Å². The second kappa shape index (κ2) is 5.01. The molecule has 0 bridgehead atoms. The Bertz CT molecular complexity index is 572. The van der Waals surface area contributed by atoms with Gasteiger partial charge in [0.05, 0.1) is 15.6 Å². The molecule has 3 aliphatic rings.